The number of nitrogens with one attached hydrogen (secondary N) is 1. The predicted octanol–water partition coefficient (Wildman–Crippen LogP) is 3.41. The molecule has 2 heterocycles. The maximum Gasteiger partial charge on any atom is 0.203 e. The SMILES string of the molecule is N#Cc1ccc2nc(N3CCN(c4cccc(Cl)c4)CC3)[nH]c2c1. The Balaban J connectivity index is 1.50. The van der Waals surface area contributed by atoms with Crippen LogP contribution in [-0.4, -0.2) is 36.1 Å². The molecule has 4 rings (SSSR count). The second-order valence-electron chi connectivity index (χ2n) is 5.86. The van der Waals surface area contributed by atoms with Gasteiger partial charge in [-0.1, -0.05) is 17.7 Å². The van der Waals surface area contributed by atoms with Gasteiger partial charge in [0.2, 0.25) is 5.95 Å². The van der Waals surface area contributed by atoms with E-state index in [1.807, 2.05) is 30.3 Å². The lowest BCUT2D eigenvalue weighted by Gasteiger charge is -2.36. The van der Waals surface area contributed by atoms with E-state index in [1.165, 1.54) is 0 Å². The van der Waals surface area contributed by atoms with Crippen LogP contribution in [-0.2, 0) is 0 Å². The van der Waals surface area contributed by atoms with Crippen molar-refractivity contribution in [1.82, 2.24) is 9.97 Å². The Bertz CT molecular complexity index is 919. The minimum atomic E-state index is 0.642. The molecule has 1 fully saturated rings. The predicted molar refractivity (Wildman–Crippen MR) is 96.7 cm³/mol. The number of anilines is 2. The van der Waals surface area contributed by atoms with E-state index in [1.54, 1.807) is 6.07 Å². The molecule has 1 saturated heterocycles. The number of rotatable bonds is 2. The maximum absolute atomic E-state index is 9.00. The van der Waals surface area contributed by atoms with Crippen LogP contribution in [0.4, 0.5) is 11.6 Å². The number of hydrogen-bond donors (Lipinski definition) is 1. The molecular weight excluding hydrogens is 322 g/mol. The van der Waals surface area contributed by atoms with Crippen molar-refractivity contribution in [3.05, 3.63) is 53.1 Å². The first-order valence-corrected chi connectivity index (χ1v) is 8.26. The second-order valence-corrected chi connectivity index (χ2v) is 6.29. The number of imidazole rings is 1. The van der Waals surface area contributed by atoms with Gasteiger partial charge in [-0.2, -0.15) is 5.26 Å². The van der Waals surface area contributed by atoms with Gasteiger partial charge in [0.05, 0.1) is 22.7 Å². The Hall–Kier alpha value is -2.71. The van der Waals surface area contributed by atoms with Crippen LogP contribution in [0.5, 0.6) is 0 Å². The highest BCUT2D eigenvalue weighted by atomic mass is 35.5. The Morgan fingerprint density at radius 1 is 1.04 bits per heavy atom. The van der Waals surface area contributed by atoms with Crippen LogP contribution in [0.25, 0.3) is 11.0 Å². The zero-order chi connectivity index (χ0) is 16.5. The third kappa shape index (κ3) is 2.77. The van der Waals surface area contributed by atoms with Crippen molar-refractivity contribution in [3.8, 4) is 6.07 Å². The molecule has 120 valence electrons. The molecule has 0 amide bonds. The average Bonchev–Trinajstić information content (AvgIpc) is 3.05. The fraction of sp³-hybridized carbons (Fsp3) is 0.222. The Labute approximate surface area is 145 Å². The van der Waals surface area contributed by atoms with Crippen molar-refractivity contribution in [1.29, 1.82) is 5.26 Å². The summed E-state index contributed by atoms with van der Waals surface area (Å²) in [6, 6.07) is 15.6. The fourth-order valence-corrected chi connectivity index (χ4v) is 3.25. The fourth-order valence-electron chi connectivity index (χ4n) is 3.06. The van der Waals surface area contributed by atoms with Crippen LogP contribution in [0.2, 0.25) is 5.02 Å². The first kappa shape index (κ1) is 14.9. The van der Waals surface area contributed by atoms with Gasteiger partial charge in [-0.25, -0.2) is 4.98 Å². The van der Waals surface area contributed by atoms with E-state index < -0.39 is 0 Å². The van der Waals surface area contributed by atoms with Crippen LogP contribution in [0, 0.1) is 11.3 Å². The lowest BCUT2D eigenvalue weighted by Crippen LogP contribution is -2.46. The third-order valence-corrected chi connectivity index (χ3v) is 4.59. The van der Waals surface area contributed by atoms with Crippen molar-refractivity contribution in [3.63, 3.8) is 0 Å². The Morgan fingerprint density at radius 2 is 1.83 bits per heavy atom. The average molecular weight is 338 g/mol. The van der Waals surface area contributed by atoms with E-state index >= 15 is 0 Å². The molecule has 1 aliphatic heterocycles. The second kappa shape index (κ2) is 6.06. The number of hydrogen-bond acceptors (Lipinski definition) is 4. The molecule has 6 heteroatoms. The van der Waals surface area contributed by atoms with E-state index in [2.05, 4.69) is 31.9 Å². The summed E-state index contributed by atoms with van der Waals surface area (Å²) in [4.78, 5) is 12.5. The van der Waals surface area contributed by atoms with Gasteiger partial charge in [0.25, 0.3) is 0 Å². The highest BCUT2D eigenvalue weighted by Gasteiger charge is 2.20. The molecule has 1 aromatic heterocycles. The van der Waals surface area contributed by atoms with Gasteiger partial charge in [0.15, 0.2) is 0 Å². The number of nitriles is 1. The topological polar surface area (TPSA) is 59.0 Å². The number of piperazine rings is 1. The molecule has 1 N–H and O–H groups in total. The summed E-state index contributed by atoms with van der Waals surface area (Å²) in [6.45, 7) is 3.61. The molecule has 2 aromatic carbocycles. The lowest BCUT2D eigenvalue weighted by molar-refractivity contribution is 0.643. The highest BCUT2D eigenvalue weighted by molar-refractivity contribution is 6.30. The van der Waals surface area contributed by atoms with E-state index in [9.17, 15) is 0 Å². The first-order chi connectivity index (χ1) is 11.7. The van der Waals surface area contributed by atoms with Crippen LogP contribution in [0.15, 0.2) is 42.5 Å². The lowest BCUT2D eigenvalue weighted by atomic mass is 10.2. The van der Waals surface area contributed by atoms with Crippen LogP contribution < -0.4 is 9.80 Å². The molecule has 3 aromatic rings. The summed E-state index contributed by atoms with van der Waals surface area (Å²) in [5.74, 6) is 0.867. The number of nitrogens with zero attached hydrogens (tertiary/aromatic N) is 4. The smallest absolute Gasteiger partial charge is 0.203 e. The summed E-state index contributed by atoms with van der Waals surface area (Å²) in [5.41, 5.74) is 3.59. The van der Waals surface area contributed by atoms with Gasteiger partial charge in [-0.3, -0.25) is 0 Å². The summed E-state index contributed by atoms with van der Waals surface area (Å²) in [5, 5.41) is 9.76. The van der Waals surface area contributed by atoms with E-state index in [0.717, 1.165) is 53.9 Å². The molecular formula is C18H16ClN5. The van der Waals surface area contributed by atoms with Crippen LogP contribution >= 0.6 is 11.6 Å². The summed E-state index contributed by atoms with van der Waals surface area (Å²) in [7, 11) is 0. The van der Waals surface area contributed by atoms with Crippen molar-refractivity contribution in [2.24, 2.45) is 0 Å². The van der Waals surface area contributed by atoms with Crippen molar-refractivity contribution >= 4 is 34.3 Å². The summed E-state index contributed by atoms with van der Waals surface area (Å²) < 4.78 is 0. The van der Waals surface area contributed by atoms with Gasteiger partial charge in [0, 0.05) is 36.9 Å². The monoisotopic (exact) mass is 337 g/mol. The maximum atomic E-state index is 9.00. The van der Waals surface area contributed by atoms with Crippen molar-refractivity contribution in [2.45, 2.75) is 0 Å². The molecule has 24 heavy (non-hydrogen) atoms. The Kier molecular flexibility index (Phi) is 3.75. The van der Waals surface area contributed by atoms with Gasteiger partial charge >= 0.3 is 0 Å². The van der Waals surface area contributed by atoms with E-state index in [0.29, 0.717) is 5.56 Å². The normalized spacial score (nSPS) is 14.8. The molecule has 0 spiro atoms. The third-order valence-electron chi connectivity index (χ3n) is 4.35. The quantitative estimate of drug-likeness (QED) is 0.778. The minimum Gasteiger partial charge on any atom is -0.368 e. The molecule has 5 nitrogen and oxygen atoms in total. The van der Waals surface area contributed by atoms with E-state index in [4.69, 9.17) is 16.9 Å². The molecule has 0 atom stereocenters. The molecule has 0 radical (unpaired) electrons. The van der Waals surface area contributed by atoms with Gasteiger partial charge in [-0.05, 0) is 36.4 Å². The molecule has 0 saturated carbocycles. The number of halogens is 1. The van der Waals surface area contributed by atoms with Crippen LogP contribution in [0.3, 0.4) is 0 Å². The van der Waals surface area contributed by atoms with Gasteiger partial charge in [0.1, 0.15) is 0 Å². The van der Waals surface area contributed by atoms with Crippen molar-refractivity contribution < 1.29 is 0 Å². The standard InChI is InChI=1S/C18H16ClN5/c19-14-2-1-3-15(11-14)23-6-8-24(9-7-23)18-21-16-5-4-13(12-20)10-17(16)22-18/h1-5,10-11H,6-9H2,(H,21,22). The molecule has 0 aliphatic carbocycles. The zero-order valence-electron chi connectivity index (χ0n) is 13.0. The first-order valence-electron chi connectivity index (χ1n) is 7.88. The van der Waals surface area contributed by atoms with Gasteiger partial charge < -0.3 is 14.8 Å². The Morgan fingerprint density at radius 3 is 2.58 bits per heavy atom. The number of fused-ring (bicyclic) bond motifs is 1. The number of aromatic amines is 1. The van der Waals surface area contributed by atoms with E-state index in [-0.39, 0.29) is 0 Å². The van der Waals surface area contributed by atoms with Crippen LogP contribution in [0.1, 0.15) is 5.56 Å². The minimum absolute atomic E-state index is 0.642. The highest BCUT2D eigenvalue weighted by Crippen LogP contribution is 2.23. The number of aromatic nitrogens is 2. The molecule has 1 aliphatic rings. The van der Waals surface area contributed by atoms with Crippen molar-refractivity contribution in [2.75, 3.05) is 36.0 Å². The zero-order valence-corrected chi connectivity index (χ0v) is 13.8. The molecule has 0 unspecified atom stereocenters. The molecule has 0 bridgehead atoms. The number of H-pyrrole nitrogens is 1. The van der Waals surface area contributed by atoms with Gasteiger partial charge in [-0.15, -0.1) is 0 Å². The summed E-state index contributed by atoms with van der Waals surface area (Å²) in [6.07, 6.45) is 0. The largest absolute Gasteiger partial charge is 0.368 e. The number of benzene rings is 2. The summed E-state index contributed by atoms with van der Waals surface area (Å²) >= 11 is 6.08.